The summed E-state index contributed by atoms with van der Waals surface area (Å²) in [5, 5.41) is 3.24. The van der Waals surface area contributed by atoms with Gasteiger partial charge in [-0.2, -0.15) is 0 Å². The van der Waals surface area contributed by atoms with Crippen LogP contribution in [0, 0.1) is 6.92 Å². The fourth-order valence-electron chi connectivity index (χ4n) is 2.00. The lowest BCUT2D eigenvalue weighted by atomic mass is 10.2. The Morgan fingerprint density at radius 1 is 1.75 bits per heavy atom. The van der Waals surface area contributed by atoms with Crippen molar-refractivity contribution in [1.82, 2.24) is 9.55 Å². The van der Waals surface area contributed by atoms with E-state index in [0.29, 0.717) is 6.10 Å². The summed E-state index contributed by atoms with van der Waals surface area (Å²) in [6.45, 7) is 8.22. The Labute approximate surface area is 96.3 Å². The zero-order valence-corrected chi connectivity index (χ0v) is 9.78. The van der Waals surface area contributed by atoms with Crippen molar-refractivity contribution in [2.75, 3.05) is 18.5 Å². The molecule has 0 saturated carbocycles. The Morgan fingerprint density at radius 2 is 2.62 bits per heavy atom. The van der Waals surface area contributed by atoms with Crippen LogP contribution in [0.4, 0.5) is 5.95 Å². The molecule has 1 atom stereocenters. The summed E-state index contributed by atoms with van der Waals surface area (Å²) < 4.78 is 7.76. The van der Waals surface area contributed by atoms with Crippen LogP contribution in [0.3, 0.4) is 0 Å². The molecular weight excluding hydrogens is 202 g/mol. The highest BCUT2D eigenvalue weighted by Gasteiger charge is 2.17. The first-order chi connectivity index (χ1) is 7.79. The van der Waals surface area contributed by atoms with Crippen LogP contribution in [0.25, 0.3) is 0 Å². The van der Waals surface area contributed by atoms with Crippen LogP contribution < -0.4 is 5.32 Å². The number of imidazole rings is 1. The van der Waals surface area contributed by atoms with Gasteiger partial charge in [-0.25, -0.2) is 4.98 Å². The molecule has 88 valence electrons. The van der Waals surface area contributed by atoms with Gasteiger partial charge in [0, 0.05) is 19.3 Å². The molecule has 1 aliphatic rings. The maximum atomic E-state index is 5.63. The van der Waals surface area contributed by atoms with Crippen LogP contribution in [0.1, 0.15) is 18.5 Å². The second kappa shape index (κ2) is 5.16. The molecule has 16 heavy (non-hydrogen) atoms. The molecule has 0 radical (unpaired) electrons. The summed E-state index contributed by atoms with van der Waals surface area (Å²) in [4.78, 5) is 4.44. The van der Waals surface area contributed by atoms with Crippen molar-refractivity contribution in [3.05, 3.63) is 24.5 Å². The highest BCUT2D eigenvalue weighted by atomic mass is 16.5. The molecule has 0 aliphatic carbocycles. The molecule has 0 spiro atoms. The second-order valence-electron chi connectivity index (χ2n) is 4.16. The number of aryl methyl sites for hydroxylation is 1. The molecule has 1 aromatic heterocycles. The van der Waals surface area contributed by atoms with E-state index in [1.54, 1.807) is 0 Å². The molecule has 1 unspecified atom stereocenters. The topological polar surface area (TPSA) is 39.1 Å². The first-order valence-corrected chi connectivity index (χ1v) is 5.79. The molecule has 1 saturated heterocycles. The van der Waals surface area contributed by atoms with Gasteiger partial charge in [0.05, 0.1) is 18.3 Å². The summed E-state index contributed by atoms with van der Waals surface area (Å²) in [6, 6.07) is 0. The van der Waals surface area contributed by atoms with Crippen LogP contribution >= 0.6 is 0 Å². The molecule has 1 N–H and O–H groups in total. The standard InChI is InChI=1S/C12H19N3O/c1-3-6-13-12-14-10(2)8-15(12)9-11-5-4-7-16-11/h3,8,11H,1,4-7,9H2,2H3,(H,13,14). The lowest BCUT2D eigenvalue weighted by Gasteiger charge is -2.13. The summed E-state index contributed by atoms with van der Waals surface area (Å²) in [5.41, 5.74) is 1.03. The predicted octanol–water partition coefficient (Wildman–Crippen LogP) is 1.97. The Bertz CT molecular complexity index is 353. The lowest BCUT2D eigenvalue weighted by molar-refractivity contribution is 0.0974. The molecule has 1 aliphatic heterocycles. The Kier molecular flexibility index (Phi) is 3.62. The molecule has 1 aromatic rings. The van der Waals surface area contributed by atoms with E-state index in [-0.39, 0.29) is 0 Å². The Morgan fingerprint density at radius 3 is 3.31 bits per heavy atom. The van der Waals surface area contributed by atoms with Crippen LogP contribution in [-0.2, 0) is 11.3 Å². The molecule has 0 aromatic carbocycles. The van der Waals surface area contributed by atoms with E-state index in [2.05, 4.69) is 27.6 Å². The van der Waals surface area contributed by atoms with Crippen LogP contribution in [0.15, 0.2) is 18.9 Å². The number of aromatic nitrogens is 2. The van der Waals surface area contributed by atoms with E-state index < -0.39 is 0 Å². The fraction of sp³-hybridized carbons (Fsp3) is 0.583. The number of anilines is 1. The highest BCUT2D eigenvalue weighted by Crippen LogP contribution is 2.17. The minimum Gasteiger partial charge on any atom is -0.376 e. The van der Waals surface area contributed by atoms with Gasteiger partial charge in [0.15, 0.2) is 0 Å². The predicted molar refractivity (Wildman–Crippen MR) is 64.6 cm³/mol. The average Bonchev–Trinajstić information content (AvgIpc) is 2.86. The number of nitrogens with one attached hydrogen (secondary N) is 1. The SMILES string of the molecule is C=CCNc1nc(C)cn1CC1CCCO1. The average molecular weight is 221 g/mol. The van der Waals surface area contributed by atoms with Crippen LogP contribution in [0.2, 0.25) is 0 Å². The van der Waals surface area contributed by atoms with Crippen LogP contribution in [0.5, 0.6) is 0 Å². The third kappa shape index (κ3) is 2.64. The molecule has 2 heterocycles. The van der Waals surface area contributed by atoms with E-state index in [0.717, 1.165) is 37.8 Å². The molecule has 0 amide bonds. The number of ether oxygens (including phenoxy) is 1. The zero-order chi connectivity index (χ0) is 11.4. The minimum absolute atomic E-state index is 0.345. The minimum atomic E-state index is 0.345. The maximum absolute atomic E-state index is 5.63. The first-order valence-electron chi connectivity index (χ1n) is 5.79. The van der Waals surface area contributed by atoms with E-state index in [9.17, 15) is 0 Å². The van der Waals surface area contributed by atoms with Crippen molar-refractivity contribution in [3.8, 4) is 0 Å². The van der Waals surface area contributed by atoms with E-state index in [4.69, 9.17) is 4.74 Å². The number of nitrogens with zero attached hydrogens (tertiary/aromatic N) is 2. The molecular formula is C12H19N3O. The molecule has 4 nitrogen and oxygen atoms in total. The van der Waals surface area contributed by atoms with Crippen molar-refractivity contribution in [3.63, 3.8) is 0 Å². The monoisotopic (exact) mass is 221 g/mol. The quantitative estimate of drug-likeness (QED) is 0.773. The van der Waals surface area contributed by atoms with Gasteiger partial charge in [0.2, 0.25) is 5.95 Å². The normalized spacial score (nSPS) is 19.9. The van der Waals surface area contributed by atoms with Gasteiger partial charge in [0.1, 0.15) is 0 Å². The first kappa shape index (κ1) is 11.2. The lowest BCUT2D eigenvalue weighted by Crippen LogP contribution is -2.16. The molecule has 2 rings (SSSR count). The van der Waals surface area contributed by atoms with Crippen molar-refractivity contribution < 1.29 is 4.74 Å². The van der Waals surface area contributed by atoms with Crippen molar-refractivity contribution in [1.29, 1.82) is 0 Å². The van der Waals surface area contributed by atoms with Gasteiger partial charge >= 0.3 is 0 Å². The highest BCUT2D eigenvalue weighted by molar-refractivity contribution is 5.29. The van der Waals surface area contributed by atoms with Gasteiger partial charge < -0.3 is 14.6 Å². The molecule has 1 fully saturated rings. The third-order valence-electron chi connectivity index (χ3n) is 2.73. The zero-order valence-electron chi connectivity index (χ0n) is 9.78. The van der Waals surface area contributed by atoms with E-state index in [1.165, 1.54) is 6.42 Å². The summed E-state index contributed by atoms with van der Waals surface area (Å²) in [5.74, 6) is 0.910. The number of hydrogen-bond acceptors (Lipinski definition) is 3. The Hall–Kier alpha value is -1.29. The van der Waals surface area contributed by atoms with Crippen molar-refractivity contribution in [2.45, 2.75) is 32.4 Å². The van der Waals surface area contributed by atoms with Gasteiger partial charge in [-0.05, 0) is 19.8 Å². The smallest absolute Gasteiger partial charge is 0.203 e. The largest absolute Gasteiger partial charge is 0.376 e. The van der Waals surface area contributed by atoms with Gasteiger partial charge in [0.25, 0.3) is 0 Å². The number of hydrogen-bond donors (Lipinski definition) is 1. The summed E-state index contributed by atoms with van der Waals surface area (Å²) >= 11 is 0. The third-order valence-corrected chi connectivity index (χ3v) is 2.73. The van der Waals surface area contributed by atoms with E-state index in [1.807, 2.05) is 13.0 Å². The van der Waals surface area contributed by atoms with Gasteiger partial charge in [-0.15, -0.1) is 6.58 Å². The van der Waals surface area contributed by atoms with Crippen molar-refractivity contribution >= 4 is 5.95 Å². The van der Waals surface area contributed by atoms with Crippen LogP contribution in [-0.4, -0.2) is 28.8 Å². The summed E-state index contributed by atoms with van der Waals surface area (Å²) in [6.07, 6.45) is 6.57. The fourth-order valence-corrected chi connectivity index (χ4v) is 2.00. The van der Waals surface area contributed by atoms with Crippen molar-refractivity contribution in [2.24, 2.45) is 0 Å². The van der Waals surface area contributed by atoms with Gasteiger partial charge in [-0.3, -0.25) is 0 Å². The maximum Gasteiger partial charge on any atom is 0.203 e. The van der Waals surface area contributed by atoms with Gasteiger partial charge in [-0.1, -0.05) is 6.08 Å². The molecule has 4 heteroatoms. The summed E-state index contributed by atoms with van der Waals surface area (Å²) in [7, 11) is 0. The Balaban J connectivity index is 2.02. The second-order valence-corrected chi connectivity index (χ2v) is 4.16. The van der Waals surface area contributed by atoms with E-state index >= 15 is 0 Å². The number of rotatable bonds is 5. The molecule has 0 bridgehead atoms.